The number of carbonyl (C=O) groups is 1. The minimum absolute atomic E-state index is 0.152. The van der Waals surface area contributed by atoms with E-state index in [1.54, 1.807) is 0 Å². The molecule has 2 N–H and O–H groups in total. The molecule has 1 unspecified atom stereocenters. The number of benzene rings is 1. The van der Waals surface area contributed by atoms with Crippen molar-refractivity contribution >= 4 is 31.9 Å². The Labute approximate surface area is 125 Å². The number of nitrogens with one attached hydrogen (secondary N) is 2. The molecule has 110 valence electrons. The molecule has 0 aliphatic heterocycles. The molecule has 0 spiro atoms. The largest absolute Gasteiger partial charge is 0.352 e. The second-order valence-electron chi connectivity index (χ2n) is 4.70. The molecule has 0 bridgehead atoms. The van der Waals surface area contributed by atoms with Gasteiger partial charge in [-0.25, -0.2) is 12.8 Å². The first kappa shape index (κ1) is 15.4. The van der Waals surface area contributed by atoms with E-state index in [0.717, 1.165) is 18.9 Å². The third-order valence-corrected chi connectivity index (χ3v) is 5.03. The van der Waals surface area contributed by atoms with Gasteiger partial charge in [0.25, 0.3) is 0 Å². The average Bonchev–Trinajstić information content (AvgIpc) is 3.15. The molecular formula is C12H14BrFN2O3S. The normalized spacial score (nSPS) is 16.8. The molecule has 0 saturated heterocycles. The van der Waals surface area contributed by atoms with Crippen LogP contribution in [0.25, 0.3) is 0 Å². The highest BCUT2D eigenvalue weighted by atomic mass is 79.9. The van der Waals surface area contributed by atoms with Crippen molar-refractivity contribution in [3.63, 3.8) is 0 Å². The van der Waals surface area contributed by atoms with Crippen LogP contribution in [0.1, 0.15) is 19.8 Å². The summed E-state index contributed by atoms with van der Waals surface area (Å²) in [7, 11) is -3.93. The van der Waals surface area contributed by atoms with Crippen LogP contribution >= 0.6 is 15.9 Å². The summed E-state index contributed by atoms with van der Waals surface area (Å²) < 4.78 is 39.9. The average molecular weight is 365 g/mol. The first-order valence-electron chi connectivity index (χ1n) is 6.07. The molecule has 1 saturated carbocycles. The predicted octanol–water partition coefficient (Wildman–Crippen LogP) is 1.53. The zero-order valence-corrected chi connectivity index (χ0v) is 13.1. The van der Waals surface area contributed by atoms with Gasteiger partial charge in [-0.2, -0.15) is 4.72 Å². The summed E-state index contributed by atoms with van der Waals surface area (Å²) in [5.41, 5.74) is 0. The maximum absolute atomic E-state index is 13.4. The van der Waals surface area contributed by atoms with Gasteiger partial charge in [0.1, 0.15) is 5.82 Å². The van der Waals surface area contributed by atoms with E-state index in [1.807, 2.05) is 0 Å². The van der Waals surface area contributed by atoms with Gasteiger partial charge >= 0.3 is 0 Å². The maximum atomic E-state index is 13.4. The van der Waals surface area contributed by atoms with Crippen LogP contribution in [0.15, 0.2) is 27.6 Å². The number of hydrogen-bond donors (Lipinski definition) is 2. The number of carbonyl (C=O) groups excluding carboxylic acids is 1. The standard InChI is InChI=1S/C12H14BrFN2O3S/c1-7(12(17)15-8-2-3-8)16-20(18,19)9-4-5-10(13)11(14)6-9/h4-8,16H,2-3H2,1H3,(H,15,17). The van der Waals surface area contributed by atoms with Crippen molar-refractivity contribution in [2.75, 3.05) is 0 Å². The molecule has 8 heteroatoms. The van der Waals surface area contributed by atoms with Crippen LogP contribution in [-0.2, 0) is 14.8 Å². The molecule has 1 fully saturated rings. The van der Waals surface area contributed by atoms with Gasteiger partial charge in [-0.15, -0.1) is 0 Å². The number of hydrogen-bond acceptors (Lipinski definition) is 3. The van der Waals surface area contributed by atoms with Gasteiger partial charge < -0.3 is 5.32 Å². The summed E-state index contributed by atoms with van der Waals surface area (Å²) in [6.45, 7) is 1.45. The Morgan fingerprint density at radius 2 is 2.10 bits per heavy atom. The Morgan fingerprint density at radius 3 is 2.65 bits per heavy atom. The van der Waals surface area contributed by atoms with Crippen LogP contribution in [0.2, 0.25) is 0 Å². The fraction of sp³-hybridized carbons (Fsp3) is 0.417. The van der Waals surface area contributed by atoms with Crippen molar-refractivity contribution in [1.82, 2.24) is 10.0 Å². The number of rotatable bonds is 5. The monoisotopic (exact) mass is 364 g/mol. The summed E-state index contributed by atoms with van der Waals surface area (Å²) in [5, 5.41) is 2.70. The highest BCUT2D eigenvalue weighted by Gasteiger charge is 2.28. The first-order chi connectivity index (χ1) is 9.29. The SMILES string of the molecule is CC(NS(=O)(=O)c1ccc(Br)c(F)c1)C(=O)NC1CC1. The molecule has 1 aromatic carbocycles. The van der Waals surface area contributed by atoms with E-state index in [4.69, 9.17) is 0 Å². The van der Waals surface area contributed by atoms with E-state index in [9.17, 15) is 17.6 Å². The quantitative estimate of drug-likeness (QED) is 0.831. The lowest BCUT2D eigenvalue weighted by Gasteiger charge is -2.14. The van der Waals surface area contributed by atoms with Gasteiger partial charge in [0.05, 0.1) is 15.4 Å². The molecule has 0 radical (unpaired) electrons. The minimum Gasteiger partial charge on any atom is -0.352 e. The van der Waals surface area contributed by atoms with Crippen molar-refractivity contribution in [3.8, 4) is 0 Å². The third-order valence-electron chi connectivity index (χ3n) is 2.85. The van der Waals surface area contributed by atoms with E-state index in [0.29, 0.717) is 0 Å². The molecule has 5 nitrogen and oxygen atoms in total. The fourth-order valence-electron chi connectivity index (χ4n) is 1.55. The predicted molar refractivity (Wildman–Crippen MR) is 75.0 cm³/mol. The molecule has 1 amide bonds. The topological polar surface area (TPSA) is 75.3 Å². The smallest absolute Gasteiger partial charge is 0.241 e. The molecule has 1 atom stereocenters. The first-order valence-corrected chi connectivity index (χ1v) is 8.35. The lowest BCUT2D eigenvalue weighted by Crippen LogP contribution is -2.45. The number of sulfonamides is 1. The third kappa shape index (κ3) is 3.77. The molecule has 1 aliphatic carbocycles. The van der Waals surface area contributed by atoms with Crippen molar-refractivity contribution in [2.45, 2.75) is 36.7 Å². The Hall–Kier alpha value is -0.990. The molecule has 20 heavy (non-hydrogen) atoms. The minimum atomic E-state index is -3.93. The van der Waals surface area contributed by atoms with Crippen LogP contribution in [0.3, 0.4) is 0 Å². The Balaban J connectivity index is 2.09. The Morgan fingerprint density at radius 1 is 1.45 bits per heavy atom. The van der Waals surface area contributed by atoms with Gasteiger partial charge in [0, 0.05) is 6.04 Å². The Kier molecular flexibility index (Phi) is 4.46. The van der Waals surface area contributed by atoms with E-state index in [1.165, 1.54) is 19.1 Å². The van der Waals surface area contributed by atoms with Gasteiger partial charge in [-0.05, 0) is 53.9 Å². The molecule has 2 rings (SSSR count). The molecular weight excluding hydrogens is 351 g/mol. The van der Waals surface area contributed by atoms with Gasteiger partial charge in [-0.3, -0.25) is 4.79 Å². The van der Waals surface area contributed by atoms with Crippen LogP contribution < -0.4 is 10.0 Å². The summed E-state index contributed by atoms with van der Waals surface area (Å²) in [6.07, 6.45) is 1.84. The summed E-state index contributed by atoms with van der Waals surface area (Å²) in [4.78, 5) is 11.5. The van der Waals surface area contributed by atoms with Crippen LogP contribution in [0.4, 0.5) is 4.39 Å². The van der Waals surface area contributed by atoms with Crippen LogP contribution in [-0.4, -0.2) is 26.4 Å². The van der Waals surface area contributed by atoms with Crippen molar-refractivity contribution in [2.24, 2.45) is 0 Å². The summed E-state index contributed by atoms with van der Waals surface area (Å²) in [5.74, 6) is -1.06. The highest BCUT2D eigenvalue weighted by molar-refractivity contribution is 9.10. The molecule has 1 aromatic rings. The van der Waals surface area contributed by atoms with Crippen molar-refractivity contribution in [3.05, 3.63) is 28.5 Å². The molecule has 0 heterocycles. The maximum Gasteiger partial charge on any atom is 0.241 e. The second kappa shape index (κ2) is 5.79. The van der Waals surface area contributed by atoms with Gasteiger partial charge in [-0.1, -0.05) is 0 Å². The summed E-state index contributed by atoms with van der Waals surface area (Å²) in [6, 6.07) is 2.71. The number of amides is 1. The molecule has 1 aliphatic rings. The van der Waals surface area contributed by atoms with E-state index >= 15 is 0 Å². The Bertz CT molecular complexity index is 632. The highest BCUT2D eigenvalue weighted by Crippen LogP contribution is 2.20. The molecule has 0 aromatic heterocycles. The summed E-state index contributed by atoms with van der Waals surface area (Å²) >= 11 is 2.95. The lowest BCUT2D eigenvalue weighted by molar-refractivity contribution is -0.122. The zero-order chi connectivity index (χ0) is 14.9. The van der Waals surface area contributed by atoms with Crippen LogP contribution in [0, 0.1) is 5.82 Å². The van der Waals surface area contributed by atoms with Crippen molar-refractivity contribution < 1.29 is 17.6 Å². The fourth-order valence-corrected chi connectivity index (χ4v) is 3.01. The van der Waals surface area contributed by atoms with E-state index in [-0.39, 0.29) is 21.3 Å². The van der Waals surface area contributed by atoms with E-state index in [2.05, 4.69) is 26.0 Å². The van der Waals surface area contributed by atoms with E-state index < -0.39 is 21.9 Å². The second-order valence-corrected chi connectivity index (χ2v) is 7.27. The van der Waals surface area contributed by atoms with Gasteiger partial charge in [0.2, 0.25) is 15.9 Å². The van der Waals surface area contributed by atoms with Crippen LogP contribution in [0.5, 0.6) is 0 Å². The van der Waals surface area contributed by atoms with Crippen molar-refractivity contribution in [1.29, 1.82) is 0 Å². The lowest BCUT2D eigenvalue weighted by atomic mass is 10.3. The van der Waals surface area contributed by atoms with Gasteiger partial charge in [0.15, 0.2) is 0 Å². The zero-order valence-electron chi connectivity index (χ0n) is 10.7. The number of halogens is 2.